The number of carbonyl (C=O) groups excluding carboxylic acids is 1. The number of benzene rings is 1. The Morgan fingerprint density at radius 1 is 1.17 bits per heavy atom. The summed E-state index contributed by atoms with van der Waals surface area (Å²) < 4.78 is 0. The van der Waals surface area contributed by atoms with Crippen LogP contribution in [0.5, 0.6) is 0 Å². The van der Waals surface area contributed by atoms with Gasteiger partial charge in [-0.3, -0.25) is 0 Å². The van der Waals surface area contributed by atoms with Gasteiger partial charge in [-0.15, -0.1) is 0 Å². The van der Waals surface area contributed by atoms with Gasteiger partial charge in [0, 0.05) is 12.2 Å². The number of allylic oxidation sites excluding steroid dienone is 2. The first-order valence-electron chi connectivity index (χ1n) is 6.59. The largest absolute Gasteiger partial charge is 0.338 e. The zero-order valence-corrected chi connectivity index (χ0v) is 10.3. The summed E-state index contributed by atoms with van der Waals surface area (Å²) in [5, 5.41) is 5.82. The Kier molecular flexibility index (Phi) is 3.05. The molecule has 1 saturated carbocycles. The molecule has 3 nitrogen and oxygen atoms in total. The maximum absolute atomic E-state index is 11.7. The fraction of sp³-hybridized carbons (Fsp3) is 0.400. The molecule has 1 aromatic carbocycles. The number of para-hydroxylation sites is 1. The highest BCUT2D eigenvalue weighted by Gasteiger charge is 2.35. The molecule has 2 N–H and O–H groups in total. The first kappa shape index (κ1) is 11.3. The van der Waals surface area contributed by atoms with E-state index in [1.807, 2.05) is 30.3 Å². The minimum atomic E-state index is -0.104. The van der Waals surface area contributed by atoms with E-state index >= 15 is 0 Å². The van der Waals surface area contributed by atoms with Crippen molar-refractivity contribution in [2.24, 2.45) is 17.8 Å². The van der Waals surface area contributed by atoms with Crippen LogP contribution < -0.4 is 10.6 Å². The maximum atomic E-state index is 11.7. The molecule has 1 fully saturated rings. The van der Waals surface area contributed by atoms with Gasteiger partial charge in [0.15, 0.2) is 0 Å². The van der Waals surface area contributed by atoms with E-state index in [0.29, 0.717) is 11.8 Å². The van der Waals surface area contributed by atoms with Crippen molar-refractivity contribution in [3.63, 3.8) is 0 Å². The van der Waals surface area contributed by atoms with Crippen molar-refractivity contribution in [3.8, 4) is 0 Å². The molecule has 3 atom stereocenters. The van der Waals surface area contributed by atoms with Gasteiger partial charge in [0.1, 0.15) is 0 Å². The highest BCUT2D eigenvalue weighted by atomic mass is 16.2. The summed E-state index contributed by atoms with van der Waals surface area (Å²) in [6, 6.07) is 9.43. The van der Waals surface area contributed by atoms with Gasteiger partial charge in [-0.2, -0.15) is 0 Å². The van der Waals surface area contributed by atoms with Gasteiger partial charge in [0.2, 0.25) is 0 Å². The van der Waals surface area contributed by atoms with E-state index in [2.05, 4.69) is 22.8 Å². The summed E-state index contributed by atoms with van der Waals surface area (Å²) in [5.41, 5.74) is 0.836. The van der Waals surface area contributed by atoms with Crippen LogP contribution in [0.25, 0.3) is 0 Å². The molecule has 2 amide bonds. The highest BCUT2D eigenvalue weighted by Crippen LogP contribution is 2.42. The molecule has 0 aliphatic heterocycles. The first-order chi connectivity index (χ1) is 8.81. The Labute approximate surface area is 107 Å². The predicted octanol–water partition coefficient (Wildman–Crippen LogP) is 3.02. The topological polar surface area (TPSA) is 41.1 Å². The summed E-state index contributed by atoms with van der Waals surface area (Å²) in [6.07, 6.45) is 7.15. The normalized spacial score (nSPS) is 28.3. The molecule has 94 valence electrons. The monoisotopic (exact) mass is 242 g/mol. The number of hydrogen-bond donors (Lipinski definition) is 2. The lowest BCUT2D eigenvalue weighted by Gasteiger charge is -2.18. The zero-order chi connectivity index (χ0) is 12.4. The van der Waals surface area contributed by atoms with E-state index in [4.69, 9.17) is 0 Å². The van der Waals surface area contributed by atoms with Gasteiger partial charge < -0.3 is 10.6 Å². The van der Waals surface area contributed by atoms with E-state index < -0.39 is 0 Å². The summed E-state index contributed by atoms with van der Waals surface area (Å²) in [5.74, 6) is 2.08. The predicted molar refractivity (Wildman–Crippen MR) is 72.3 cm³/mol. The lowest BCUT2D eigenvalue weighted by atomic mass is 9.94. The molecular formula is C15H18N2O. The molecule has 0 unspecified atom stereocenters. The Morgan fingerprint density at radius 3 is 2.67 bits per heavy atom. The third-order valence-corrected chi connectivity index (χ3v) is 3.97. The average molecular weight is 242 g/mol. The van der Waals surface area contributed by atoms with E-state index in [1.165, 1.54) is 12.8 Å². The highest BCUT2D eigenvalue weighted by molar-refractivity contribution is 5.89. The number of amides is 2. The molecule has 2 aliphatic rings. The van der Waals surface area contributed by atoms with Crippen molar-refractivity contribution in [2.45, 2.75) is 12.8 Å². The molecule has 0 heterocycles. The summed E-state index contributed by atoms with van der Waals surface area (Å²) in [7, 11) is 0. The summed E-state index contributed by atoms with van der Waals surface area (Å²) in [6.45, 7) is 0.782. The second-order valence-electron chi connectivity index (χ2n) is 5.24. The molecule has 0 aromatic heterocycles. The summed E-state index contributed by atoms with van der Waals surface area (Å²) >= 11 is 0. The maximum Gasteiger partial charge on any atom is 0.319 e. The molecular weight excluding hydrogens is 224 g/mol. The van der Waals surface area contributed by atoms with Crippen LogP contribution in [0.3, 0.4) is 0 Å². The lowest BCUT2D eigenvalue weighted by Crippen LogP contribution is -2.34. The van der Waals surface area contributed by atoms with Crippen LogP contribution in [0.2, 0.25) is 0 Å². The van der Waals surface area contributed by atoms with Crippen molar-refractivity contribution in [1.29, 1.82) is 0 Å². The van der Waals surface area contributed by atoms with Gasteiger partial charge >= 0.3 is 6.03 Å². The Morgan fingerprint density at radius 2 is 2.00 bits per heavy atom. The van der Waals surface area contributed by atoms with Gasteiger partial charge in [-0.05, 0) is 42.7 Å². The quantitative estimate of drug-likeness (QED) is 0.786. The number of carbonyl (C=O) groups is 1. The number of nitrogens with one attached hydrogen (secondary N) is 2. The molecule has 2 aliphatic carbocycles. The van der Waals surface area contributed by atoms with Crippen LogP contribution in [0.4, 0.5) is 10.5 Å². The zero-order valence-electron chi connectivity index (χ0n) is 10.3. The van der Waals surface area contributed by atoms with Crippen LogP contribution in [-0.4, -0.2) is 12.6 Å². The Balaban J connectivity index is 1.46. The second-order valence-corrected chi connectivity index (χ2v) is 5.24. The number of rotatable bonds is 3. The van der Waals surface area contributed by atoms with Gasteiger partial charge in [0.05, 0.1) is 0 Å². The molecule has 2 bridgehead atoms. The van der Waals surface area contributed by atoms with Gasteiger partial charge in [-0.25, -0.2) is 4.79 Å². The fourth-order valence-corrected chi connectivity index (χ4v) is 3.05. The van der Waals surface area contributed by atoms with Crippen LogP contribution in [-0.2, 0) is 0 Å². The van der Waals surface area contributed by atoms with Crippen LogP contribution in [0, 0.1) is 17.8 Å². The fourth-order valence-electron chi connectivity index (χ4n) is 3.05. The van der Waals surface area contributed by atoms with Crippen molar-refractivity contribution < 1.29 is 4.79 Å². The SMILES string of the molecule is O=C(NC[C@@H]1C[C@@H]2C=C[C@@H]1C2)Nc1ccccc1. The second kappa shape index (κ2) is 4.84. The Bertz CT molecular complexity index is 455. The Hall–Kier alpha value is -1.77. The van der Waals surface area contributed by atoms with E-state index in [1.54, 1.807) is 0 Å². The molecule has 1 aromatic rings. The number of fused-ring (bicyclic) bond motifs is 2. The van der Waals surface area contributed by atoms with Crippen molar-refractivity contribution in [3.05, 3.63) is 42.5 Å². The molecule has 18 heavy (non-hydrogen) atoms. The number of hydrogen-bond acceptors (Lipinski definition) is 1. The third kappa shape index (κ3) is 2.40. The van der Waals surface area contributed by atoms with Crippen LogP contribution in [0.1, 0.15) is 12.8 Å². The molecule has 3 heteroatoms. The van der Waals surface area contributed by atoms with Crippen molar-refractivity contribution >= 4 is 11.7 Å². The minimum Gasteiger partial charge on any atom is -0.338 e. The average Bonchev–Trinajstić information content (AvgIpc) is 3.00. The number of urea groups is 1. The molecule has 3 rings (SSSR count). The van der Waals surface area contributed by atoms with Gasteiger partial charge in [0.25, 0.3) is 0 Å². The number of anilines is 1. The third-order valence-electron chi connectivity index (χ3n) is 3.97. The summed E-state index contributed by atoms with van der Waals surface area (Å²) in [4.78, 5) is 11.7. The van der Waals surface area contributed by atoms with Crippen LogP contribution in [0.15, 0.2) is 42.5 Å². The van der Waals surface area contributed by atoms with Gasteiger partial charge in [-0.1, -0.05) is 30.4 Å². The van der Waals surface area contributed by atoms with E-state index in [0.717, 1.165) is 18.2 Å². The lowest BCUT2D eigenvalue weighted by molar-refractivity contribution is 0.249. The standard InChI is InChI=1S/C15H18N2O/c18-15(17-14-4-2-1-3-5-14)16-10-13-9-11-6-7-12(13)8-11/h1-7,11-13H,8-10H2,(H2,16,17,18)/t11-,12-,13+/m1/s1. The first-order valence-corrected chi connectivity index (χ1v) is 6.59. The molecule has 0 saturated heterocycles. The van der Waals surface area contributed by atoms with Crippen LogP contribution >= 0.6 is 0 Å². The minimum absolute atomic E-state index is 0.104. The van der Waals surface area contributed by atoms with Crippen molar-refractivity contribution in [1.82, 2.24) is 5.32 Å². The molecule has 0 radical (unpaired) electrons. The molecule has 0 spiro atoms. The van der Waals surface area contributed by atoms with Crippen molar-refractivity contribution in [2.75, 3.05) is 11.9 Å². The van der Waals surface area contributed by atoms with E-state index in [-0.39, 0.29) is 6.03 Å². The van der Waals surface area contributed by atoms with E-state index in [9.17, 15) is 4.79 Å². The smallest absolute Gasteiger partial charge is 0.319 e.